The van der Waals surface area contributed by atoms with Crippen LogP contribution in [0.5, 0.6) is 0 Å². The Balaban J connectivity index is 2.30. The summed E-state index contributed by atoms with van der Waals surface area (Å²) in [5.74, 6) is -0.418. The van der Waals surface area contributed by atoms with Gasteiger partial charge in [-0.3, -0.25) is 9.59 Å². The minimum atomic E-state index is -0.702. The van der Waals surface area contributed by atoms with Crippen LogP contribution in [-0.2, 0) is 19.1 Å². The van der Waals surface area contributed by atoms with E-state index in [2.05, 4.69) is 36.4 Å². The molecule has 0 saturated heterocycles. The van der Waals surface area contributed by atoms with E-state index in [4.69, 9.17) is 9.47 Å². The fourth-order valence-corrected chi connectivity index (χ4v) is 3.80. The lowest BCUT2D eigenvalue weighted by Gasteiger charge is -2.45. The predicted molar refractivity (Wildman–Crippen MR) is 106 cm³/mol. The van der Waals surface area contributed by atoms with Gasteiger partial charge < -0.3 is 20.1 Å². The molecule has 1 aliphatic rings. The third-order valence-corrected chi connectivity index (χ3v) is 4.53. The average Bonchev–Trinajstić information content (AvgIpc) is 2.48. The molecular weight excluding hydrogens is 352 g/mol. The molecular formula is C19H32N2O4S. The molecule has 0 aromatic rings. The summed E-state index contributed by atoms with van der Waals surface area (Å²) in [6.45, 7) is 15.5. The van der Waals surface area contributed by atoms with Gasteiger partial charge in [-0.25, -0.2) is 0 Å². The summed E-state index contributed by atoms with van der Waals surface area (Å²) in [5, 5.41) is 5.64. The smallest absolute Gasteiger partial charge is 0.244 e. The molecule has 1 rings (SSSR count). The van der Waals surface area contributed by atoms with E-state index in [0.717, 1.165) is 12.8 Å². The molecule has 0 bridgehead atoms. The zero-order valence-electron chi connectivity index (χ0n) is 16.3. The lowest BCUT2D eigenvalue weighted by Crippen LogP contribution is -2.55. The molecule has 1 unspecified atom stereocenters. The number of rotatable bonds is 11. The van der Waals surface area contributed by atoms with Crippen LogP contribution in [0.4, 0.5) is 0 Å². The van der Waals surface area contributed by atoms with Crippen LogP contribution in [0.2, 0.25) is 0 Å². The number of hydrogen-bond donors (Lipinski definition) is 3. The molecule has 0 aromatic heterocycles. The molecule has 0 radical (unpaired) electrons. The lowest BCUT2D eigenvalue weighted by molar-refractivity contribution is -0.138. The van der Waals surface area contributed by atoms with Gasteiger partial charge >= 0.3 is 0 Å². The quantitative estimate of drug-likeness (QED) is 0.221. The van der Waals surface area contributed by atoms with Crippen LogP contribution in [-0.4, -0.2) is 47.1 Å². The Morgan fingerprint density at radius 3 is 2.31 bits per heavy atom. The molecule has 6 nitrogen and oxygen atoms in total. The highest BCUT2D eigenvalue weighted by Crippen LogP contribution is 2.35. The van der Waals surface area contributed by atoms with Crippen LogP contribution in [0.15, 0.2) is 25.3 Å². The number of ether oxygens (including phenoxy) is 2. The van der Waals surface area contributed by atoms with Gasteiger partial charge in [-0.05, 0) is 52.7 Å². The summed E-state index contributed by atoms with van der Waals surface area (Å²) >= 11 is 4.50. The first-order chi connectivity index (χ1) is 11.9. The van der Waals surface area contributed by atoms with Crippen molar-refractivity contribution >= 4 is 24.4 Å². The van der Waals surface area contributed by atoms with Crippen molar-refractivity contribution in [3.63, 3.8) is 0 Å². The van der Waals surface area contributed by atoms with E-state index in [-0.39, 0.29) is 23.5 Å². The standard InChI is InChI=1S/C19H32N2O4S/c1-7-15(22)20-14-11-18(5,12-14)25-10-9-24-17(3,4)13-19(6,26)21-16(23)8-2/h7-8,14,26H,1-2,9-13H2,3-6H3,(H,20,22)(H,21,23). The molecule has 1 aliphatic carbocycles. The molecule has 148 valence electrons. The summed E-state index contributed by atoms with van der Waals surface area (Å²) in [6.07, 6.45) is 4.57. The van der Waals surface area contributed by atoms with E-state index in [9.17, 15) is 9.59 Å². The normalized spacial score (nSPS) is 24.7. The van der Waals surface area contributed by atoms with E-state index in [1.54, 1.807) is 0 Å². The third kappa shape index (κ3) is 7.93. The SMILES string of the molecule is C=CC(=O)NC1CC(C)(OCCOC(C)(C)CC(C)(S)NC(=O)C=C)C1. The Morgan fingerprint density at radius 1 is 1.19 bits per heavy atom. The summed E-state index contributed by atoms with van der Waals surface area (Å²) in [5.41, 5.74) is -0.710. The van der Waals surface area contributed by atoms with Crippen LogP contribution in [0.25, 0.3) is 0 Å². The Kier molecular flexibility index (Phi) is 7.92. The van der Waals surface area contributed by atoms with Gasteiger partial charge in [0.2, 0.25) is 11.8 Å². The number of nitrogens with one attached hydrogen (secondary N) is 2. The second-order valence-corrected chi connectivity index (χ2v) is 8.86. The molecule has 2 N–H and O–H groups in total. The molecule has 1 atom stereocenters. The van der Waals surface area contributed by atoms with Gasteiger partial charge in [0.25, 0.3) is 0 Å². The fraction of sp³-hybridized carbons (Fsp3) is 0.684. The third-order valence-electron chi connectivity index (χ3n) is 4.26. The Labute approximate surface area is 162 Å². The minimum Gasteiger partial charge on any atom is -0.373 e. The zero-order chi connectivity index (χ0) is 20.0. The Bertz CT molecular complexity index is 540. The van der Waals surface area contributed by atoms with Gasteiger partial charge in [0.1, 0.15) is 0 Å². The zero-order valence-corrected chi connectivity index (χ0v) is 17.2. The number of hydrogen-bond acceptors (Lipinski definition) is 5. The van der Waals surface area contributed by atoms with Crippen LogP contribution in [0.1, 0.15) is 47.0 Å². The molecule has 26 heavy (non-hydrogen) atoms. The van der Waals surface area contributed by atoms with Crippen LogP contribution < -0.4 is 10.6 Å². The van der Waals surface area contributed by atoms with Crippen molar-refractivity contribution < 1.29 is 19.1 Å². The molecule has 1 fully saturated rings. The number of amides is 2. The van der Waals surface area contributed by atoms with Crippen LogP contribution >= 0.6 is 12.6 Å². The highest BCUT2D eigenvalue weighted by molar-refractivity contribution is 7.81. The van der Waals surface area contributed by atoms with Gasteiger partial charge in [0, 0.05) is 12.5 Å². The Hall–Kier alpha value is -1.31. The summed E-state index contributed by atoms with van der Waals surface area (Å²) < 4.78 is 11.8. The van der Waals surface area contributed by atoms with Crippen molar-refractivity contribution in [3.8, 4) is 0 Å². The van der Waals surface area contributed by atoms with Crippen molar-refractivity contribution in [1.29, 1.82) is 0 Å². The molecule has 0 heterocycles. The van der Waals surface area contributed by atoms with Gasteiger partial charge in [0.15, 0.2) is 0 Å². The van der Waals surface area contributed by atoms with Crippen molar-refractivity contribution in [2.45, 2.75) is 69.1 Å². The highest BCUT2D eigenvalue weighted by Gasteiger charge is 2.41. The van der Waals surface area contributed by atoms with E-state index in [1.807, 2.05) is 27.7 Å². The predicted octanol–water partition coefficient (Wildman–Crippen LogP) is 2.36. The van der Waals surface area contributed by atoms with E-state index >= 15 is 0 Å². The molecule has 7 heteroatoms. The first kappa shape index (κ1) is 22.7. The summed E-state index contributed by atoms with van der Waals surface area (Å²) in [7, 11) is 0. The minimum absolute atomic E-state index is 0.140. The molecule has 2 amide bonds. The second-order valence-electron chi connectivity index (χ2n) is 7.87. The number of carbonyl (C=O) groups is 2. The Morgan fingerprint density at radius 2 is 1.77 bits per heavy atom. The van der Waals surface area contributed by atoms with Gasteiger partial charge in [-0.15, -0.1) is 0 Å². The van der Waals surface area contributed by atoms with Crippen LogP contribution in [0, 0.1) is 0 Å². The fourth-order valence-electron chi connectivity index (χ4n) is 3.31. The van der Waals surface area contributed by atoms with Crippen molar-refractivity contribution in [2.24, 2.45) is 0 Å². The molecule has 0 spiro atoms. The first-order valence-corrected chi connectivity index (χ1v) is 9.23. The van der Waals surface area contributed by atoms with E-state index in [1.165, 1.54) is 12.2 Å². The lowest BCUT2D eigenvalue weighted by atomic mass is 9.77. The van der Waals surface area contributed by atoms with Gasteiger partial charge in [-0.1, -0.05) is 13.2 Å². The average molecular weight is 385 g/mol. The maximum atomic E-state index is 11.5. The van der Waals surface area contributed by atoms with Crippen molar-refractivity contribution in [1.82, 2.24) is 10.6 Å². The maximum absolute atomic E-state index is 11.5. The van der Waals surface area contributed by atoms with E-state index in [0.29, 0.717) is 19.6 Å². The topological polar surface area (TPSA) is 76.7 Å². The molecule has 1 saturated carbocycles. The monoisotopic (exact) mass is 384 g/mol. The number of carbonyl (C=O) groups excluding carboxylic acids is 2. The highest BCUT2D eigenvalue weighted by atomic mass is 32.1. The van der Waals surface area contributed by atoms with E-state index < -0.39 is 10.5 Å². The molecule has 0 aromatic carbocycles. The molecule has 0 aliphatic heterocycles. The summed E-state index contributed by atoms with van der Waals surface area (Å²) in [4.78, 5) is 22.0. The van der Waals surface area contributed by atoms with Gasteiger partial charge in [-0.2, -0.15) is 12.6 Å². The largest absolute Gasteiger partial charge is 0.373 e. The first-order valence-electron chi connectivity index (χ1n) is 8.78. The van der Waals surface area contributed by atoms with Gasteiger partial charge in [0.05, 0.1) is 29.3 Å². The second kappa shape index (κ2) is 9.06. The maximum Gasteiger partial charge on any atom is 0.244 e. The number of thiol groups is 1. The van der Waals surface area contributed by atoms with Crippen molar-refractivity contribution in [3.05, 3.63) is 25.3 Å². The van der Waals surface area contributed by atoms with Crippen molar-refractivity contribution in [2.75, 3.05) is 13.2 Å². The van der Waals surface area contributed by atoms with Crippen LogP contribution in [0.3, 0.4) is 0 Å². The summed E-state index contributed by atoms with van der Waals surface area (Å²) in [6, 6.07) is 0.140.